The highest BCUT2D eigenvalue weighted by Gasteiger charge is 2.57. The number of carbonyl (C=O) groups excluding carboxylic acids is 1. The van der Waals surface area contributed by atoms with Crippen molar-refractivity contribution in [3.8, 4) is 0 Å². The average molecular weight is 865 g/mol. The molecule has 326 valence electrons. The van der Waals surface area contributed by atoms with Crippen LogP contribution in [0.15, 0.2) is 132 Å². The van der Waals surface area contributed by atoms with Crippen LogP contribution in [0.3, 0.4) is 0 Å². The van der Waals surface area contributed by atoms with Gasteiger partial charge in [-0.05, 0) is 32.0 Å². The first-order valence-electron chi connectivity index (χ1n) is 20.5. The monoisotopic (exact) mass is 864 g/mol. The van der Waals surface area contributed by atoms with Gasteiger partial charge in [-0.15, -0.1) is 0 Å². The molecule has 0 bridgehead atoms. The molecule has 7 rings (SSSR count). The summed E-state index contributed by atoms with van der Waals surface area (Å²) < 4.78 is 58.4. The van der Waals surface area contributed by atoms with Crippen LogP contribution < -0.4 is 10.4 Å². The average Bonchev–Trinajstić information content (AvgIpc) is 3.28. The lowest BCUT2D eigenvalue weighted by atomic mass is 9.94. The third-order valence-electron chi connectivity index (χ3n) is 11.4. The molecule has 16 nitrogen and oxygen atoms in total. The quantitative estimate of drug-likeness (QED) is 0.0393. The van der Waals surface area contributed by atoms with Crippen molar-refractivity contribution >= 4 is 24.7 Å². The molecule has 0 amide bonds. The van der Waals surface area contributed by atoms with Gasteiger partial charge in [-0.3, -0.25) is 4.79 Å². The van der Waals surface area contributed by atoms with Gasteiger partial charge in [0, 0.05) is 29.4 Å². The van der Waals surface area contributed by atoms with E-state index in [-0.39, 0.29) is 19.8 Å². The second-order valence-electron chi connectivity index (χ2n) is 16.3. The lowest BCUT2D eigenvalue weighted by Crippen LogP contribution is -2.69. The molecule has 0 aromatic heterocycles. The minimum Gasteiger partial charge on any atom is -0.457 e. The molecular formula is C45H52N6O10Si. The van der Waals surface area contributed by atoms with E-state index in [9.17, 15) is 15.9 Å². The van der Waals surface area contributed by atoms with Gasteiger partial charge in [-0.25, -0.2) is 0 Å². The molecule has 0 spiro atoms. The van der Waals surface area contributed by atoms with Gasteiger partial charge in [0.2, 0.25) is 0 Å². The number of hydrogen-bond donors (Lipinski definition) is 0. The third kappa shape index (κ3) is 9.74. The van der Waals surface area contributed by atoms with Gasteiger partial charge < -0.3 is 42.3 Å². The van der Waals surface area contributed by atoms with Gasteiger partial charge in [0.05, 0.1) is 19.8 Å². The second kappa shape index (κ2) is 20.4. The Balaban J connectivity index is 1.25. The largest absolute Gasteiger partial charge is 0.457 e. The summed E-state index contributed by atoms with van der Waals surface area (Å²) >= 11 is 0. The zero-order valence-electron chi connectivity index (χ0n) is 35.3. The van der Waals surface area contributed by atoms with E-state index >= 15 is 0 Å². The highest BCUT2D eigenvalue weighted by Crippen LogP contribution is 2.41. The van der Waals surface area contributed by atoms with Crippen LogP contribution in [0.2, 0.25) is 5.04 Å². The summed E-state index contributed by atoms with van der Waals surface area (Å²) in [4.78, 5) is 19.3. The maximum Gasteiger partial charge on any atom is 0.303 e. The molecule has 3 fully saturated rings. The first-order chi connectivity index (χ1) is 30.1. The molecule has 3 heterocycles. The summed E-state index contributed by atoms with van der Waals surface area (Å²) in [5.41, 5.74) is 21.6. The summed E-state index contributed by atoms with van der Waals surface area (Å²) in [5, 5.41) is 9.88. The van der Waals surface area contributed by atoms with E-state index in [1.54, 1.807) is 0 Å². The summed E-state index contributed by atoms with van der Waals surface area (Å²) in [7, 11) is -1.75. The number of fused-ring (bicyclic) bond motifs is 1. The minimum atomic E-state index is -3.16. The fourth-order valence-corrected chi connectivity index (χ4v) is 13.2. The molecule has 0 N–H and O–H groups in total. The third-order valence-corrected chi connectivity index (χ3v) is 16.4. The van der Waals surface area contributed by atoms with Gasteiger partial charge >= 0.3 is 5.97 Å². The number of rotatable bonds is 15. The van der Waals surface area contributed by atoms with Crippen molar-refractivity contribution < 1.29 is 47.1 Å². The highest BCUT2D eigenvalue weighted by atomic mass is 28.4. The number of methoxy groups -OCH3 is 1. The Morgan fingerprint density at radius 3 is 1.87 bits per heavy atom. The molecule has 11 atom stereocenters. The van der Waals surface area contributed by atoms with Crippen molar-refractivity contribution in [3.63, 3.8) is 0 Å². The molecule has 62 heavy (non-hydrogen) atoms. The van der Waals surface area contributed by atoms with Crippen LogP contribution in [0.5, 0.6) is 0 Å². The lowest BCUT2D eigenvalue weighted by molar-refractivity contribution is -0.363. The van der Waals surface area contributed by atoms with E-state index < -0.39 is 86.9 Å². The van der Waals surface area contributed by atoms with Crippen LogP contribution in [0.25, 0.3) is 20.9 Å². The van der Waals surface area contributed by atoms with Gasteiger partial charge in [-0.2, -0.15) is 0 Å². The number of benzene rings is 4. The van der Waals surface area contributed by atoms with Gasteiger partial charge in [0.15, 0.2) is 25.0 Å². The molecule has 3 aliphatic rings. The predicted molar refractivity (Wildman–Crippen MR) is 229 cm³/mol. The predicted octanol–water partition coefficient (Wildman–Crippen LogP) is 7.03. The number of hydrogen-bond acceptors (Lipinski definition) is 12. The first-order valence-corrected chi connectivity index (χ1v) is 22.5. The fraction of sp³-hybridized carbons (Fsp3) is 0.444. The van der Waals surface area contributed by atoms with E-state index in [1.165, 1.54) is 14.0 Å². The Kier molecular flexibility index (Phi) is 14.8. The summed E-state index contributed by atoms with van der Waals surface area (Å²) in [5.74, 6) is -0.653. The van der Waals surface area contributed by atoms with Crippen molar-refractivity contribution in [2.24, 2.45) is 10.2 Å². The molecule has 3 saturated heterocycles. The molecule has 4 aromatic carbocycles. The highest BCUT2D eigenvalue weighted by molar-refractivity contribution is 6.99. The van der Waals surface area contributed by atoms with Crippen LogP contribution in [-0.2, 0) is 53.7 Å². The van der Waals surface area contributed by atoms with Crippen molar-refractivity contribution in [3.05, 3.63) is 153 Å². The van der Waals surface area contributed by atoms with Crippen LogP contribution in [0, 0.1) is 0 Å². The molecule has 3 aliphatic heterocycles. The Morgan fingerprint density at radius 1 is 0.758 bits per heavy atom. The normalized spacial score (nSPS) is 28.7. The van der Waals surface area contributed by atoms with E-state index in [2.05, 4.69) is 65.1 Å². The smallest absolute Gasteiger partial charge is 0.303 e. The van der Waals surface area contributed by atoms with Crippen molar-refractivity contribution in [1.82, 2.24) is 0 Å². The molecule has 0 unspecified atom stereocenters. The van der Waals surface area contributed by atoms with Crippen LogP contribution in [0.4, 0.5) is 0 Å². The maximum atomic E-state index is 13.0. The summed E-state index contributed by atoms with van der Waals surface area (Å²) in [6.45, 7) is 7.82. The van der Waals surface area contributed by atoms with Crippen molar-refractivity contribution in [2.45, 2.75) is 107 Å². The molecule has 0 radical (unpaired) electrons. The first kappa shape index (κ1) is 44.9. The molecule has 0 saturated carbocycles. The van der Waals surface area contributed by atoms with Crippen LogP contribution >= 0.6 is 0 Å². The number of ether oxygens (including phenoxy) is 8. The molecule has 4 aromatic rings. The van der Waals surface area contributed by atoms with Crippen LogP contribution in [0.1, 0.15) is 45.1 Å². The van der Waals surface area contributed by atoms with E-state index in [0.717, 1.165) is 21.5 Å². The van der Waals surface area contributed by atoms with Gasteiger partial charge in [0.25, 0.3) is 8.32 Å². The van der Waals surface area contributed by atoms with Crippen LogP contribution in [-0.4, -0.2) is 95.9 Å². The molecular weight excluding hydrogens is 813 g/mol. The lowest BCUT2D eigenvalue weighted by Gasteiger charge is -2.51. The zero-order chi connectivity index (χ0) is 43.7. The topological polar surface area (TPSA) is 198 Å². The Labute approximate surface area is 361 Å². The summed E-state index contributed by atoms with van der Waals surface area (Å²) in [6, 6.07) is 36.7. The standard InChI is InChI=1S/C45H52N6O10Si/c1-29(52)57-39-35(28-56-62(45(2,3)4,32-22-14-8-15-23-32)33-24-16-9-17-25-33)58-43(53-5)37(49-51-47)41(39)61-44-36(48-50-46)40(54-26-30-18-10-6-11-19-30)38-34(59-44)27-55-42(60-38)31-20-12-7-13-21-31/h6-25,34-44H,26-28H2,1-5H3/t34-,35+,36+,37+,38-,39-,40-,41+,42-,43+,44+/m1/s1. The number of esters is 1. The number of azide groups is 2. The van der Waals surface area contributed by atoms with E-state index in [4.69, 9.17) is 42.3 Å². The fourth-order valence-electron chi connectivity index (χ4n) is 8.61. The van der Waals surface area contributed by atoms with Crippen molar-refractivity contribution in [2.75, 3.05) is 20.3 Å². The second-order valence-corrected chi connectivity index (χ2v) is 20.6. The SMILES string of the molecule is CO[C@H]1O[C@@H](CO[Si](c2ccccc2)(c2ccccc2)C(C)(C)C)[C@@H](OC(C)=O)[C@@H](O[C@@H]2O[C@@H]3CO[C@@H](c4ccccc4)O[C@H]3[C@H](OCc3ccccc3)[C@@H]2N=[N+]=[N-])[C@@H]1N=[N+]=[N-]. The number of carbonyl (C=O) groups is 1. The van der Waals surface area contributed by atoms with E-state index in [0.29, 0.717) is 0 Å². The minimum absolute atomic E-state index is 0.0643. The molecule has 17 heteroatoms. The zero-order valence-corrected chi connectivity index (χ0v) is 36.3. The Bertz CT molecular complexity index is 2120. The van der Waals surface area contributed by atoms with Gasteiger partial charge in [0.1, 0.15) is 42.6 Å². The Hall–Kier alpha value is -5.13. The van der Waals surface area contributed by atoms with E-state index in [1.807, 2.05) is 97.1 Å². The van der Waals surface area contributed by atoms with Gasteiger partial charge in [-0.1, -0.05) is 152 Å². The molecule has 0 aliphatic carbocycles. The number of nitrogens with zero attached hydrogens (tertiary/aromatic N) is 6. The van der Waals surface area contributed by atoms with Crippen molar-refractivity contribution in [1.29, 1.82) is 0 Å². The summed E-state index contributed by atoms with van der Waals surface area (Å²) in [6.07, 6.45) is -9.34. The Morgan fingerprint density at radius 2 is 1.32 bits per heavy atom. The maximum absolute atomic E-state index is 13.0.